The molecule has 0 atom stereocenters. The molecule has 4 nitrogen and oxygen atoms in total. The Morgan fingerprint density at radius 3 is 2.18 bits per heavy atom. The number of primary amides is 1. The molecule has 1 heterocycles. The van der Waals surface area contributed by atoms with Crippen molar-refractivity contribution >= 4 is 5.91 Å². The molecule has 96 valence electrons. The molecule has 1 aliphatic heterocycles. The summed E-state index contributed by atoms with van der Waals surface area (Å²) in [5.41, 5.74) is 5.33. The van der Waals surface area contributed by atoms with Gasteiger partial charge < -0.3 is 15.2 Å². The minimum atomic E-state index is -0.278. The Morgan fingerprint density at radius 2 is 1.71 bits per heavy atom. The van der Waals surface area contributed by atoms with Gasteiger partial charge in [-0.3, -0.25) is 4.79 Å². The van der Waals surface area contributed by atoms with Gasteiger partial charge in [0.2, 0.25) is 5.91 Å². The van der Waals surface area contributed by atoms with Gasteiger partial charge in [-0.25, -0.2) is 0 Å². The van der Waals surface area contributed by atoms with Crippen LogP contribution in [0.4, 0.5) is 0 Å². The molecule has 2 N–H and O–H groups in total. The Hall–Kier alpha value is -0.610. The van der Waals surface area contributed by atoms with E-state index in [0.29, 0.717) is 5.92 Å². The van der Waals surface area contributed by atoms with Gasteiger partial charge in [0.05, 0.1) is 13.2 Å². The quantitative estimate of drug-likeness (QED) is 0.813. The largest absolute Gasteiger partial charge is 0.369 e. The molecule has 1 amide bonds. The number of nitrogens with two attached hydrogens (primary N) is 1. The summed E-state index contributed by atoms with van der Waals surface area (Å²) < 4.78 is 11.4. The van der Waals surface area contributed by atoms with Gasteiger partial charge in [0.15, 0.2) is 5.79 Å². The lowest BCUT2D eigenvalue weighted by Crippen LogP contribution is -2.36. The van der Waals surface area contributed by atoms with Crippen LogP contribution in [0, 0.1) is 11.3 Å². The first-order valence-electron chi connectivity index (χ1n) is 6.72. The fourth-order valence-electron chi connectivity index (χ4n) is 3.36. The van der Waals surface area contributed by atoms with E-state index in [1.54, 1.807) is 0 Å². The second-order valence-electron chi connectivity index (χ2n) is 5.90. The normalized spacial score (nSPS) is 30.6. The van der Waals surface area contributed by atoms with Crippen LogP contribution < -0.4 is 5.73 Å². The van der Waals surface area contributed by atoms with Crippen molar-refractivity contribution in [3.8, 4) is 0 Å². The molecule has 0 aromatic carbocycles. The lowest BCUT2D eigenvalue weighted by molar-refractivity contribution is -0.183. The van der Waals surface area contributed by atoms with Crippen LogP contribution >= 0.6 is 0 Å². The smallest absolute Gasteiger partial charge is 0.223 e. The maximum atomic E-state index is 11.4. The van der Waals surface area contributed by atoms with Crippen molar-refractivity contribution in [2.75, 3.05) is 13.2 Å². The highest BCUT2D eigenvalue weighted by Gasteiger charge is 2.51. The van der Waals surface area contributed by atoms with E-state index in [1.165, 1.54) is 0 Å². The van der Waals surface area contributed by atoms with Crippen LogP contribution in [0.5, 0.6) is 0 Å². The van der Waals surface area contributed by atoms with Gasteiger partial charge in [0, 0.05) is 18.3 Å². The lowest BCUT2D eigenvalue weighted by atomic mass is 9.79. The Kier molecular flexibility index (Phi) is 2.67. The highest BCUT2D eigenvalue weighted by Crippen LogP contribution is 2.53. The van der Waals surface area contributed by atoms with E-state index in [1.807, 2.05) is 0 Å². The molecule has 0 unspecified atom stereocenters. The Morgan fingerprint density at radius 1 is 1.12 bits per heavy atom. The van der Waals surface area contributed by atoms with Crippen molar-refractivity contribution in [2.45, 2.75) is 50.7 Å². The SMILES string of the molecule is NC(=O)C1(CC2CCC3(CC2)OCCO3)CC1. The highest BCUT2D eigenvalue weighted by molar-refractivity contribution is 5.83. The number of ether oxygens (including phenoxy) is 2. The van der Waals surface area contributed by atoms with Crippen LogP contribution in [0.2, 0.25) is 0 Å². The predicted molar refractivity (Wildman–Crippen MR) is 62.1 cm³/mol. The van der Waals surface area contributed by atoms with E-state index >= 15 is 0 Å². The first-order valence-corrected chi connectivity index (χ1v) is 6.72. The van der Waals surface area contributed by atoms with Gasteiger partial charge in [0.25, 0.3) is 0 Å². The van der Waals surface area contributed by atoms with Crippen molar-refractivity contribution in [1.82, 2.24) is 0 Å². The maximum Gasteiger partial charge on any atom is 0.223 e. The van der Waals surface area contributed by atoms with Gasteiger partial charge in [-0.15, -0.1) is 0 Å². The van der Waals surface area contributed by atoms with Crippen LogP contribution in [0.25, 0.3) is 0 Å². The Bertz CT molecular complexity index is 309. The molecule has 3 fully saturated rings. The molecule has 4 heteroatoms. The van der Waals surface area contributed by atoms with Crippen LogP contribution in [-0.4, -0.2) is 24.9 Å². The number of hydrogen-bond donors (Lipinski definition) is 1. The number of amides is 1. The molecule has 0 radical (unpaired) electrons. The first-order chi connectivity index (χ1) is 8.14. The van der Waals surface area contributed by atoms with Gasteiger partial charge in [-0.05, 0) is 38.0 Å². The van der Waals surface area contributed by atoms with Crippen LogP contribution in [0.15, 0.2) is 0 Å². The van der Waals surface area contributed by atoms with E-state index in [4.69, 9.17) is 15.2 Å². The summed E-state index contributed by atoms with van der Waals surface area (Å²) >= 11 is 0. The average Bonchev–Trinajstić information content (AvgIpc) is 2.97. The number of carbonyl (C=O) groups is 1. The fourth-order valence-corrected chi connectivity index (χ4v) is 3.36. The van der Waals surface area contributed by atoms with Crippen molar-refractivity contribution < 1.29 is 14.3 Å². The molecule has 0 bridgehead atoms. The average molecular weight is 239 g/mol. The zero-order chi connectivity index (χ0) is 11.9. The van der Waals surface area contributed by atoms with E-state index < -0.39 is 0 Å². The summed E-state index contributed by atoms with van der Waals surface area (Å²) in [6.45, 7) is 1.46. The van der Waals surface area contributed by atoms with Gasteiger partial charge in [-0.2, -0.15) is 0 Å². The fraction of sp³-hybridized carbons (Fsp3) is 0.923. The lowest BCUT2D eigenvalue weighted by Gasteiger charge is -2.36. The zero-order valence-corrected chi connectivity index (χ0v) is 10.2. The summed E-state index contributed by atoms with van der Waals surface area (Å²) in [6, 6.07) is 0. The standard InChI is InChI=1S/C13H21NO3/c14-11(15)12(5-6-12)9-10-1-3-13(4-2-10)16-7-8-17-13/h10H,1-9H2,(H2,14,15). The molecule has 0 aromatic heterocycles. The van der Waals surface area contributed by atoms with Crippen molar-refractivity contribution in [2.24, 2.45) is 17.1 Å². The molecule has 1 spiro atoms. The molecular formula is C13H21NO3. The number of carbonyl (C=O) groups excluding carboxylic acids is 1. The second-order valence-corrected chi connectivity index (χ2v) is 5.90. The summed E-state index contributed by atoms with van der Waals surface area (Å²) in [5, 5.41) is 0. The monoisotopic (exact) mass is 239 g/mol. The third-order valence-electron chi connectivity index (χ3n) is 4.74. The number of hydrogen-bond acceptors (Lipinski definition) is 3. The summed E-state index contributed by atoms with van der Waals surface area (Å²) in [5.74, 6) is 0.259. The maximum absolute atomic E-state index is 11.4. The molecule has 2 saturated carbocycles. The first kappa shape index (κ1) is 11.5. The third kappa shape index (κ3) is 2.08. The third-order valence-corrected chi connectivity index (χ3v) is 4.74. The molecule has 2 aliphatic carbocycles. The summed E-state index contributed by atoms with van der Waals surface area (Å²) in [6.07, 6.45) is 7.15. The molecule has 1 saturated heterocycles. The van der Waals surface area contributed by atoms with Crippen LogP contribution in [-0.2, 0) is 14.3 Å². The highest BCUT2D eigenvalue weighted by atomic mass is 16.7. The topological polar surface area (TPSA) is 61.6 Å². The minimum absolute atomic E-state index is 0.0915. The second kappa shape index (κ2) is 3.95. The van der Waals surface area contributed by atoms with E-state index in [9.17, 15) is 4.79 Å². The Labute approximate surface area is 102 Å². The minimum Gasteiger partial charge on any atom is -0.369 e. The van der Waals surface area contributed by atoms with Crippen molar-refractivity contribution in [1.29, 1.82) is 0 Å². The summed E-state index contributed by atoms with van der Waals surface area (Å²) in [4.78, 5) is 11.4. The van der Waals surface area contributed by atoms with Gasteiger partial charge in [-0.1, -0.05) is 0 Å². The van der Waals surface area contributed by atoms with Gasteiger partial charge >= 0.3 is 0 Å². The van der Waals surface area contributed by atoms with Crippen LogP contribution in [0.3, 0.4) is 0 Å². The van der Waals surface area contributed by atoms with E-state index in [0.717, 1.165) is 58.2 Å². The number of rotatable bonds is 3. The molecule has 0 aromatic rings. The molecule has 17 heavy (non-hydrogen) atoms. The van der Waals surface area contributed by atoms with Gasteiger partial charge in [0.1, 0.15) is 0 Å². The van der Waals surface area contributed by atoms with Crippen molar-refractivity contribution in [3.05, 3.63) is 0 Å². The predicted octanol–water partition coefficient (Wildman–Crippen LogP) is 1.58. The van der Waals surface area contributed by atoms with E-state index in [-0.39, 0.29) is 17.1 Å². The molecule has 3 aliphatic rings. The van der Waals surface area contributed by atoms with Crippen molar-refractivity contribution in [3.63, 3.8) is 0 Å². The Balaban J connectivity index is 1.53. The van der Waals surface area contributed by atoms with E-state index in [2.05, 4.69) is 0 Å². The zero-order valence-electron chi connectivity index (χ0n) is 10.2. The van der Waals surface area contributed by atoms with Crippen LogP contribution in [0.1, 0.15) is 44.9 Å². The molecular weight excluding hydrogens is 218 g/mol. The summed E-state index contributed by atoms with van der Waals surface area (Å²) in [7, 11) is 0. The molecule has 3 rings (SSSR count).